The highest BCUT2D eigenvalue weighted by Gasteiger charge is 2.12. The largest absolute Gasteiger partial charge is 0.488 e. The zero-order valence-corrected chi connectivity index (χ0v) is 14.7. The van der Waals surface area contributed by atoms with Gasteiger partial charge < -0.3 is 9.72 Å². The number of nitrogens with one attached hydrogen (secondary N) is 1. The van der Waals surface area contributed by atoms with Crippen molar-refractivity contribution in [2.45, 2.75) is 6.61 Å². The fraction of sp³-hybridized carbons (Fsp3) is 0.0500. The molecule has 4 rings (SSSR count). The van der Waals surface area contributed by atoms with Crippen molar-refractivity contribution >= 4 is 34.2 Å². The summed E-state index contributed by atoms with van der Waals surface area (Å²) in [7, 11) is 0. The fourth-order valence-electron chi connectivity index (χ4n) is 2.69. The molecule has 1 N–H and O–H groups in total. The normalized spacial score (nSPS) is 11.0. The van der Waals surface area contributed by atoms with Crippen LogP contribution in [-0.2, 0) is 6.61 Å². The number of halogens is 2. The summed E-state index contributed by atoms with van der Waals surface area (Å²) in [4.78, 5) is 7.98. The molecule has 0 saturated heterocycles. The molecule has 0 fully saturated rings. The zero-order valence-electron chi connectivity index (χ0n) is 13.2. The van der Waals surface area contributed by atoms with Crippen LogP contribution in [0.2, 0.25) is 10.0 Å². The predicted molar refractivity (Wildman–Crippen MR) is 102 cm³/mol. The molecule has 1 heterocycles. The molecule has 0 aliphatic heterocycles. The fourth-order valence-corrected chi connectivity index (χ4v) is 3.20. The first-order valence-electron chi connectivity index (χ1n) is 7.82. The molecular weight excluding hydrogens is 355 g/mol. The minimum atomic E-state index is 0.287. The Hall–Kier alpha value is -2.49. The van der Waals surface area contributed by atoms with Gasteiger partial charge in [-0.05, 0) is 36.4 Å². The molecule has 25 heavy (non-hydrogen) atoms. The highest BCUT2D eigenvalue weighted by molar-refractivity contribution is 6.35. The van der Waals surface area contributed by atoms with Gasteiger partial charge in [0.25, 0.3) is 0 Å². The number of hydrogen-bond acceptors (Lipinski definition) is 2. The van der Waals surface area contributed by atoms with E-state index in [9.17, 15) is 0 Å². The second kappa shape index (κ2) is 6.79. The second-order valence-corrected chi connectivity index (χ2v) is 6.40. The molecule has 124 valence electrons. The van der Waals surface area contributed by atoms with E-state index in [1.54, 1.807) is 12.1 Å². The highest BCUT2D eigenvalue weighted by atomic mass is 35.5. The number of aromatic amines is 1. The van der Waals surface area contributed by atoms with Crippen molar-refractivity contribution in [3.8, 4) is 17.1 Å². The molecule has 0 unspecified atom stereocenters. The van der Waals surface area contributed by atoms with Crippen LogP contribution in [0.4, 0.5) is 0 Å². The van der Waals surface area contributed by atoms with Gasteiger partial charge in [-0.15, -0.1) is 0 Å². The molecule has 1 aromatic heterocycles. The maximum atomic E-state index is 6.22. The number of rotatable bonds is 4. The molecule has 4 aromatic rings. The van der Waals surface area contributed by atoms with Crippen molar-refractivity contribution in [1.82, 2.24) is 9.97 Å². The lowest BCUT2D eigenvalue weighted by Crippen LogP contribution is -1.99. The Kier molecular flexibility index (Phi) is 4.35. The van der Waals surface area contributed by atoms with Crippen molar-refractivity contribution in [2.75, 3.05) is 0 Å². The Labute approximate surface area is 155 Å². The minimum absolute atomic E-state index is 0.287. The van der Waals surface area contributed by atoms with Crippen molar-refractivity contribution in [3.63, 3.8) is 0 Å². The van der Waals surface area contributed by atoms with Crippen molar-refractivity contribution in [3.05, 3.63) is 82.3 Å². The molecule has 0 aliphatic rings. The Morgan fingerprint density at radius 2 is 1.56 bits per heavy atom. The smallest absolute Gasteiger partial charge is 0.142 e. The molecule has 3 aromatic carbocycles. The number of benzene rings is 3. The molecule has 0 saturated carbocycles. The van der Waals surface area contributed by atoms with Crippen LogP contribution in [-0.4, -0.2) is 9.97 Å². The number of fused-ring (bicyclic) bond motifs is 1. The van der Waals surface area contributed by atoms with Crippen LogP contribution < -0.4 is 4.74 Å². The van der Waals surface area contributed by atoms with Crippen LogP contribution >= 0.6 is 23.2 Å². The molecule has 0 atom stereocenters. The third kappa shape index (κ3) is 3.21. The summed E-state index contributed by atoms with van der Waals surface area (Å²) in [5.74, 6) is 1.49. The van der Waals surface area contributed by atoms with E-state index in [1.165, 1.54) is 0 Å². The van der Waals surface area contributed by atoms with E-state index in [1.807, 2.05) is 54.6 Å². The molecule has 0 aliphatic carbocycles. The summed E-state index contributed by atoms with van der Waals surface area (Å²) in [6.45, 7) is 0.287. The Morgan fingerprint density at radius 1 is 0.840 bits per heavy atom. The number of nitrogens with zero attached hydrogens (tertiary/aromatic N) is 1. The minimum Gasteiger partial charge on any atom is -0.488 e. The molecular formula is C20H14Cl2N2O. The zero-order chi connectivity index (χ0) is 17.2. The average molecular weight is 369 g/mol. The summed E-state index contributed by atoms with van der Waals surface area (Å²) in [6, 6.07) is 21.1. The number of aromatic nitrogens is 2. The van der Waals surface area contributed by atoms with E-state index in [0.717, 1.165) is 33.7 Å². The summed E-state index contributed by atoms with van der Waals surface area (Å²) in [5, 5.41) is 1.18. The van der Waals surface area contributed by atoms with Gasteiger partial charge in [-0.3, -0.25) is 0 Å². The first-order chi connectivity index (χ1) is 12.2. The molecule has 5 heteroatoms. The number of imidazole rings is 1. The van der Waals surface area contributed by atoms with Crippen LogP contribution in [0.1, 0.15) is 5.56 Å². The van der Waals surface area contributed by atoms with Gasteiger partial charge in [-0.25, -0.2) is 4.98 Å². The van der Waals surface area contributed by atoms with Gasteiger partial charge >= 0.3 is 0 Å². The second-order valence-electron chi connectivity index (χ2n) is 5.59. The van der Waals surface area contributed by atoms with E-state index in [4.69, 9.17) is 27.9 Å². The van der Waals surface area contributed by atoms with Gasteiger partial charge in [0.05, 0.1) is 16.6 Å². The van der Waals surface area contributed by atoms with Gasteiger partial charge in [-0.1, -0.05) is 53.5 Å². The van der Waals surface area contributed by atoms with Crippen LogP contribution in [0.3, 0.4) is 0 Å². The maximum Gasteiger partial charge on any atom is 0.142 e. The van der Waals surface area contributed by atoms with Crippen molar-refractivity contribution < 1.29 is 4.74 Å². The third-order valence-electron chi connectivity index (χ3n) is 3.97. The number of H-pyrrole nitrogens is 1. The first-order valence-corrected chi connectivity index (χ1v) is 8.58. The predicted octanol–water partition coefficient (Wildman–Crippen LogP) is 6.12. The van der Waals surface area contributed by atoms with E-state index in [2.05, 4.69) is 9.97 Å². The lowest BCUT2D eigenvalue weighted by Gasteiger charge is -2.12. The SMILES string of the molecule is Clc1cccc(Cl)c1COc1ccccc1-c1nc2ccccc2[nH]1. The third-order valence-corrected chi connectivity index (χ3v) is 4.67. The first kappa shape index (κ1) is 16.0. The Bertz CT molecular complexity index is 989. The summed E-state index contributed by atoms with van der Waals surface area (Å²) in [5.41, 5.74) is 3.56. The van der Waals surface area contributed by atoms with Gasteiger partial charge in [-0.2, -0.15) is 0 Å². The molecule has 0 amide bonds. The standard InChI is InChI=1S/C20H14Cl2N2O/c21-15-7-5-8-16(22)14(15)12-25-19-11-4-1-6-13(19)20-23-17-9-2-3-10-18(17)24-20/h1-11H,12H2,(H,23,24). The van der Waals surface area contributed by atoms with Crippen LogP contribution in [0.25, 0.3) is 22.4 Å². The van der Waals surface area contributed by atoms with Gasteiger partial charge in [0.2, 0.25) is 0 Å². The monoisotopic (exact) mass is 368 g/mol. The van der Waals surface area contributed by atoms with Gasteiger partial charge in [0.15, 0.2) is 0 Å². The number of ether oxygens (including phenoxy) is 1. The molecule has 0 spiro atoms. The molecule has 0 radical (unpaired) electrons. The number of hydrogen-bond donors (Lipinski definition) is 1. The van der Waals surface area contributed by atoms with Crippen LogP contribution in [0.5, 0.6) is 5.75 Å². The highest BCUT2D eigenvalue weighted by Crippen LogP contribution is 2.31. The maximum absolute atomic E-state index is 6.22. The quantitative estimate of drug-likeness (QED) is 0.471. The van der Waals surface area contributed by atoms with E-state index < -0.39 is 0 Å². The van der Waals surface area contributed by atoms with Crippen LogP contribution in [0.15, 0.2) is 66.7 Å². The lowest BCUT2D eigenvalue weighted by atomic mass is 10.2. The molecule has 3 nitrogen and oxygen atoms in total. The molecule has 0 bridgehead atoms. The van der Waals surface area contributed by atoms with E-state index in [0.29, 0.717) is 10.0 Å². The summed E-state index contributed by atoms with van der Waals surface area (Å²) >= 11 is 12.4. The number of para-hydroxylation sites is 3. The van der Waals surface area contributed by atoms with Crippen molar-refractivity contribution in [1.29, 1.82) is 0 Å². The lowest BCUT2D eigenvalue weighted by molar-refractivity contribution is 0.307. The van der Waals surface area contributed by atoms with E-state index >= 15 is 0 Å². The topological polar surface area (TPSA) is 37.9 Å². The van der Waals surface area contributed by atoms with E-state index in [-0.39, 0.29) is 6.61 Å². The average Bonchev–Trinajstić information content (AvgIpc) is 3.05. The summed E-state index contributed by atoms with van der Waals surface area (Å²) in [6.07, 6.45) is 0. The Morgan fingerprint density at radius 3 is 2.36 bits per heavy atom. The van der Waals surface area contributed by atoms with Gasteiger partial charge in [0, 0.05) is 15.6 Å². The summed E-state index contributed by atoms with van der Waals surface area (Å²) < 4.78 is 6.01. The Balaban J connectivity index is 1.67. The van der Waals surface area contributed by atoms with Gasteiger partial charge in [0.1, 0.15) is 18.2 Å². The van der Waals surface area contributed by atoms with Crippen molar-refractivity contribution in [2.24, 2.45) is 0 Å². The van der Waals surface area contributed by atoms with Crippen LogP contribution in [0, 0.1) is 0 Å².